The molecular formula is C17H15BrF2N4O3. The van der Waals surface area contributed by atoms with Crippen molar-refractivity contribution in [2.45, 2.75) is 0 Å². The van der Waals surface area contributed by atoms with Crippen molar-refractivity contribution < 1.29 is 23.0 Å². The number of carbonyl (C=O) groups is 1. The van der Waals surface area contributed by atoms with E-state index >= 15 is 0 Å². The molecule has 2 heterocycles. The summed E-state index contributed by atoms with van der Waals surface area (Å²) in [6.45, 7) is 0.579. The van der Waals surface area contributed by atoms with Gasteiger partial charge in [0.05, 0.1) is 12.0 Å². The SMILES string of the molecule is COCCNC(=O)Nc1cc(F)c(Oc2ccnc3[nH]cc(Br)c23)c(F)c1. The van der Waals surface area contributed by atoms with Crippen LogP contribution in [0.25, 0.3) is 11.0 Å². The Kier molecular flexibility index (Phi) is 5.87. The highest BCUT2D eigenvalue weighted by Gasteiger charge is 2.17. The number of amides is 2. The number of benzene rings is 1. The number of pyridine rings is 1. The average molecular weight is 441 g/mol. The molecule has 0 aliphatic rings. The van der Waals surface area contributed by atoms with E-state index in [1.54, 1.807) is 6.20 Å². The van der Waals surface area contributed by atoms with Gasteiger partial charge in [0.25, 0.3) is 0 Å². The number of methoxy groups -OCH3 is 1. The van der Waals surface area contributed by atoms with Crippen molar-refractivity contribution in [3.05, 3.63) is 46.7 Å². The maximum Gasteiger partial charge on any atom is 0.319 e. The molecule has 3 rings (SSSR count). The summed E-state index contributed by atoms with van der Waals surface area (Å²) in [6.07, 6.45) is 3.10. The minimum atomic E-state index is -0.959. The minimum absolute atomic E-state index is 0.0463. The summed E-state index contributed by atoms with van der Waals surface area (Å²) in [4.78, 5) is 18.7. The second-order valence-corrected chi connectivity index (χ2v) is 6.27. The summed E-state index contributed by atoms with van der Waals surface area (Å²) in [7, 11) is 1.49. The quantitative estimate of drug-likeness (QED) is 0.502. The Balaban J connectivity index is 1.81. The number of rotatable bonds is 6. The zero-order valence-corrected chi connectivity index (χ0v) is 15.7. The predicted molar refractivity (Wildman–Crippen MR) is 99.1 cm³/mol. The van der Waals surface area contributed by atoms with E-state index in [0.717, 1.165) is 12.1 Å². The molecule has 0 spiro atoms. The smallest absolute Gasteiger partial charge is 0.319 e. The summed E-state index contributed by atoms with van der Waals surface area (Å²) in [5.74, 6) is -2.28. The van der Waals surface area contributed by atoms with Gasteiger partial charge in [-0.15, -0.1) is 0 Å². The van der Waals surface area contributed by atoms with E-state index in [1.807, 2.05) is 0 Å². The van der Waals surface area contributed by atoms with Gasteiger partial charge < -0.3 is 25.1 Å². The molecule has 7 nitrogen and oxygen atoms in total. The van der Waals surface area contributed by atoms with Crippen LogP contribution in [-0.4, -0.2) is 36.3 Å². The van der Waals surface area contributed by atoms with Gasteiger partial charge >= 0.3 is 6.03 Å². The Morgan fingerprint density at radius 1 is 1.33 bits per heavy atom. The minimum Gasteiger partial charge on any atom is -0.450 e. The first kappa shape index (κ1) is 19.1. The Labute approximate surface area is 161 Å². The van der Waals surface area contributed by atoms with Crippen molar-refractivity contribution in [3.8, 4) is 11.5 Å². The van der Waals surface area contributed by atoms with E-state index in [9.17, 15) is 13.6 Å². The van der Waals surface area contributed by atoms with Crippen LogP contribution in [0.2, 0.25) is 0 Å². The summed E-state index contributed by atoms with van der Waals surface area (Å²) < 4.78 is 39.7. The maximum atomic E-state index is 14.4. The van der Waals surface area contributed by atoms with Crippen molar-refractivity contribution in [2.75, 3.05) is 25.6 Å². The number of nitrogens with one attached hydrogen (secondary N) is 3. The number of hydrogen-bond acceptors (Lipinski definition) is 4. The first-order valence-corrected chi connectivity index (χ1v) is 8.61. The van der Waals surface area contributed by atoms with Crippen LogP contribution in [-0.2, 0) is 4.74 Å². The highest BCUT2D eigenvalue weighted by atomic mass is 79.9. The average Bonchev–Trinajstić information content (AvgIpc) is 3.00. The van der Waals surface area contributed by atoms with Gasteiger partial charge in [-0.3, -0.25) is 0 Å². The van der Waals surface area contributed by atoms with Crippen LogP contribution >= 0.6 is 15.9 Å². The summed E-state index contributed by atoms with van der Waals surface area (Å²) in [5, 5.41) is 5.38. The van der Waals surface area contributed by atoms with Gasteiger partial charge in [0.1, 0.15) is 11.4 Å². The van der Waals surface area contributed by atoms with Crippen LogP contribution in [0.1, 0.15) is 0 Å². The maximum absolute atomic E-state index is 14.4. The van der Waals surface area contributed by atoms with Gasteiger partial charge in [-0.25, -0.2) is 18.6 Å². The normalized spacial score (nSPS) is 10.8. The number of nitrogens with zero attached hydrogens (tertiary/aromatic N) is 1. The number of ether oxygens (including phenoxy) is 2. The number of urea groups is 1. The molecular weight excluding hydrogens is 426 g/mol. The number of carbonyl (C=O) groups excluding carboxylic acids is 1. The van der Waals surface area contributed by atoms with Crippen LogP contribution in [0.15, 0.2) is 35.1 Å². The number of H-pyrrole nitrogens is 1. The largest absolute Gasteiger partial charge is 0.450 e. The number of anilines is 1. The second kappa shape index (κ2) is 8.31. The molecule has 2 amide bonds. The van der Waals surface area contributed by atoms with E-state index < -0.39 is 23.4 Å². The molecule has 0 saturated heterocycles. The lowest BCUT2D eigenvalue weighted by Crippen LogP contribution is -2.31. The van der Waals surface area contributed by atoms with Crippen LogP contribution in [0.3, 0.4) is 0 Å². The standard InChI is InChI=1S/C17H15BrF2N4O3/c1-26-5-4-22-17(25)24-9-6-11(19)15(12(20)7-9)27-13-2-3-21-16-14(13)10(18)8-23-16/h2-3,6-8H,4-5H2,1H3,(H,21,23)(H2,22,24,25). The highest BCUT2D eigenvalue weighted by Crippen LogP contribution is 2.36. The molecule has 142 valence electrons. The van der Waals surface area contributed by atoms with E-state index in [-0.39, 0.29) is 18.0 Å². The summed E-state index contributed by atoms with van der Waals surface area (Å²) in [6, 6.07) is 2.83. The lowest BCUT2D eigenvalue weighted by Gasteiger charge is -2.12. The molecule has 2 aromatic heterocycles. The van der Waals surface area contributed by atoms with Gasteiger partial charge in [0.2, 0.25) is 0 Å². The van der Waals surface area contributed by atoms with E-state index in [1.165, 1.54) is 19.4 Å². The molecule has 0 atom stereocenters. The van der Waals surface area contributed by atoms with Crippen molar-refractivity contribution in [3.63, 3.8) is 0 Å². The Morgan fingerprint density at radius 3 is 2.78 bits per heavy atom. The Hall–Kier alpha value is -2.72. The van der Waals surface area contributed by atoms with Gasteiger partial charge in [0, 0.05) is 48.3 Å². The molecule has 0 bridgehead atoms. The van der Waals surface area contributed by atoms with E-state index in [2.05, 4.69) is 36.5 Å². The lowest BCUT2D eigenvalue weighted by atomic mass is 10.2. The zero-order chi connectivity index (χ0) is 19.4. The fourth-order valence-corrected chi connectivity index (χ4v) is 2.85. The molecule has 0 fully saturated rings. The number of aromatic amines is 1. The number of fused-ring (bicyclic) bond motifs is 1. The molecule has 27 heavy (non-hydrogen) atoms. The monoisotopic (exact) mass is 440 g/mol. The van der Waals surface area contributed by atoms with Gasteiger partial charge in [-0.2, -0.15) is 0 Å². The Morgan fingerprint density at radius 2 is 2.07 bits per heavy atom. The summed E-state index contributed by atoms with van der Waals surface area (Å²) >= 11 is 3.33. The molecule has 10 heteroatoms. The van der Waals surface area contributed by atoms with Crippen molar-refractivity contribution in [2.24, 2.45) is 0 Å². The molecule has 0 radical (unpaired) electrons. The first-order valence-electron chi connectivity index (χ1n) is 7.82. The lowest BCUT2D eigenvalue weighted by molar-refractivity contribution is 0.198. The van der Waals surface area contributed by atoms with Crippen LogP contribution in [0.5, 0.6) is 11.5 Å². The van der Waals surface area contributed by atoms with Gasteiger partial charge in [-0.1, -0.05) is 0 Å². The molecule has 0 unspecified atom stereocenters. The third kappa shape index (κ3) is 4.34. The fraction of sp³-hybridized carbons (Fsp3) is 0.176. The first-order chi connectivity index (χ1) is 13.0. The Bertz CT molecular complexity index is 957. The van der Waals surface area contributed by atoms with Gasteiger partial charge in [-0.05, 0) is 22.0 Å². The summed E-state index contributed by atoms with van der Waals surface area (Å²) in [5.41, 5.74) is 0.459. The van der Waals surface area contributed by atoms with E-state index in [4.69, 9.17) is 9.47 Å². The second-order valence-electron chi connectivity index (χ2n) is 5.41. The van der Waals surface area contributed by atoms with Crippen molar-refractivity contribution in [1.29, 1.82) is 0 Å². The third-order valence-electron chi connectivity index (χ3n) is 3.55. The fourth-order valence-electron chi connectivity index (χ4n) is 2.35. The molecule has 0 aliphatic heterocycles. The molecule has 1 aromatic carbocycles. The van der Waals surface area contributed by atoms with E-state index in [0.29, 0.717) is 22.1 Å². The van der Waals surface area contributed by atoms with Gasteiger partial charge in [0.15, 0.2) is 17.4 Å². The number of halogens is 3. The number of aromatic nitrogens is 2. The molecule has 3 N–H and O–H groups in total. The molecule has 0 aliphatic carbocycles. The predicted octanol–water partition coefficient (Wildman–Crippen LogP) is 4.16. The van der Waals surface area contributed by atoms with Crippen LogP contribution in [0.4, 0.5) is 19.3 Å². The molecule has 0 saturated carbocycles. The topological polar surface area (TPSA) is 88.3 Å². The molecule has 3 aromatic rings. The van der Waals surface area contributed by atoms with Crippen LogP contribution < -0.4 is 15.4 Å². The van der Waals surface area contributed by atoms with Crippen LogP contribution in [0, 0.1) is 11.6 Å². The highest BCUT2D eigenvalue weighted by molar-refractivity contribution is 9.10. The van der Waals surface area contributed by atoms with Crippen molar-refractivity contribution in [1.82, 2.24) is 15.3 Å². The number of hydrogen-bond donors (Lipinski definition) is 3. The van der Waals surface area contributed by atoms with Crippen molar-refractivity contribution >= 4 is 38.7 Å². The zero-order valence-electron chi connectivity index (χ0n) is 14.1. The third-order valence-corrected chi connectivity index (χ3v) is 4.17.